The molecule has 2 bridgehead atoms. The quantitative estimate of drug-likeness (QED) is 0.338. The fourth-order valence-electron chi connectivity index (χ4n) is 3.63. The van der Waals surface area contributed by atoms with E-state index in [4.69, 9.17) is 9.57 Å². The summed E-state index contributed by atoms with van der Waals surface area (Å²) in [5.74, 6) is -0.460. The van der Waals surface area contributed by atoms with Gasteiger partial charge in [0.25, 0.3) is 5.91 Å². The molecule has 3 fully saturated rings. The monoisotopic (exact) mass is 400 g/mol. The smallest absolute Gasteiger partial charge is 0.410 e. The summed E-state index contributed by atoms with van der Waals surface area (Å²) in [5.41, 5.74) is 0.630. The molecule has 0 aromatic carbocycles. The van der Waals surface area contributed by atoms with Gasteiger partial charge in [-0.25, -0.2) is 20.1 Å². The van der Waals surface area contributed by atoms with E-state index < -0.39 is 35.3 Å². The van der Waals surface area contributed by atoms with Gasteiger partial charge in [0, 0.05) is 13.0 Å². The second-order valence-corrected chi connectivity index (χ2v) is 8.65. The van der Waals surface area contributed by atoms with Crippen molar-refractivity contribution in [2.24, 2.45) is 0 Å². The van der Waals surface area contributed by atoms with Gasteiger partial charge in [-0.3, -0.25) is 14.8 Å². The van der Waals surface area contributed by atoms with Crippen LogP contribution in [0.15, 0.2) is 0 Å². The average molecular weight is 400 g/mol. The van der Waals surface area contributed by atoms with Crippen molar-refractivity contribution in [1.82, 2.24) is 20.3 Å². The van der Waals surface area contributed by atoms with Gasteiger partial charge < -0.3 is 19.6 Å². The zero-order chi connectivity index (χ0) is 20.7. The van der Waals surface area contributed by atoms with Gasteiger partial charge in [-0.1, -0.05) is 0 Å². The predicted octanol–water partition coefficient (Wildman–Crippen LogP) is 0.0639. The molecule has 3 N–H and O–H groups in total. The SMILES string of the molecule is CC(C)(C)OC(=O)N1CC(O)(CCONC(=O)[C@@H]2CC[C@@H]3CN2C(=O)N3O)C1. The van der Waals surface area contributed by atoms with Gasteiger partial charge in [0.05, 0.1) is 25.7 Å². The molecule has 0 unspecified atom stereocenters. The summed E-state index contributed by atoms with van der Waals surface area (Å²) in [4.78, 5) is 43.9. The molecule has 2 atom stereocenters. The zero-order valence-corrected chi connectivity index (χ0v) is 16.4. The Morgan fingerprint density at radius 2 is 1.96 bits per heavy atom. The summed E-state index contributed by atoms with van der Waals surface area (Å²) in [6.07, 6.45) is 0.733. The fourth-order valence-corrected chi connectivity index (χ4v) is 3.63. The number of piperidine rings is 1. The number of urea groups is 1. The van der Waals surface area contributed by atoms with Crippen LogP contribution in [0.25, 0.3) is 0 Å². The molecule has 11 nitrogen and oxygen atoms in total. The zero-order valence-electron chi connectivity index (χ0n) is 16.4. The number of hydrogen-bond donors (Lipinski definition) is 3. The van der Waals surface area contributed by atoms with Crippen molar-refractivity contribution >= 4 is 18.0 Å². The molecule has 0 aromatic heterocycles. The molecule has 158 valence electrons. The lowest BCUT2D eigenvalue weighted by atomic mass is 9.91. The second kappa shape index (κ2) is 7.37. The van der Waals surface area contributed by atoms with E-state index in [-0.39, 0.29) is 32.2 Å². The largest absolute Gasteiger partial charge is 0.444 e. The minimum atomic E-state index is -1.08. The van der Waals surface area contributed by atoms with E-state index in [1.807, 2.05) is 0 Å². The van der Waals surface area contributed by atoms with Crippen LogP contribution in [-0.4, -0.2) is 92.7 Å². The minimum Gasteiger partial charge on any atom is -0.444 e. The Bertz CT molecular complexity index is 644. The summed E-state index contributed by atoms with van der Waals surface area (Å²) in [5, 5.41) is 20.7. The van der Waals surface area contributed by atoms with Crippen LogP contribution in [0.5, 0.6) is 0 Å². The molecule has 3 aliphatic rings. The number of nitrogens with zero attached hydrogens (tertiary/aromatic N) is 3. The van der Waals surface area contributed by atoms with Crippen molar-refractivity contribution in [3.05, 3.63) is 0 Å². The van der Waals surface area contributed by atoms with Crippen molar-refractivity contribution < 1.29 is 34.3 Å². The number of amides is 4. The molecule has 0 spiro atoms. The number of aliphatic hydroxyl groups is 1. The van der Waals surface area contributed by atoms with E-state index in [1.54, 1.807) is 20.8 Å². The van der Waals surface area contributed by atoms with E-state index >= 15 is 0 Å². The Balaban J connectivity index is 1.36. The van der Waals surface area contributed by atoms with Crippen LogP contribution in [0.2, 0.25) is 0 Å². The first-order valence-electron chi connectivity index (χ1n) is 9.40. The van der Waals surface area contributed by atoms with Crippen molar-refractivity contribution in [3.8, 4) is 0 Å². The van der Waals surface area contributed by atoms with Crippen molar-refractivity contribution in [2.75, 3.05) is 26.2 Å². The molecule has 3 rings (SSSR count). The number of fused-ring (bicyclic) bond motifs is 2. The molecule has 0 radical (unpaired) electrons. The van der Waals surface area contributed by atoms with Crippen LogP contribution in [0.4, 0.5) is 9.59 Å². The Hall–Kier alpha value is -2.11. The van der Waals surface area contributed by atoms with Crippen LogP contribution in [-0.2, 0) is 14.4 Å². The van der Waals surface area contributed by atoms with Gasteiger partial charge in [0.2, 0.25) is 0 Å². The molecule has 3 saturated heterocycles. The van der Waals surface area contributed by atoms with Gasteiger partial charge in [-0.2, -0.15) is 0 Å². The summed E-state index contributed by atoms with van der Waals surface area (Å²) < 4.78 is 5.23. The molecular formula is C17H28N4O7. The summed E-state index contributed by atoms with van der Waals surface area (Å²) in [7, 11) is 0. The Kier molecular flexibility index (Phi) is 5.43. The molecule has 0 aromatic rings. The maximum absolute atomic E-state index is 12.3. The predicted molar refractivity (Wildman–Crippen MR) is 94.0 cm³/mol. The standard InChI is InChI=1S/C17H28N4O7/c1-16(2,3)28-15(24)19-9-17(25,10-19)6-7-27-18-13(22)12-5-4-11-8-20(12)14(23)21(11)26/h11-12,25-26H,4-10H2,1-3H3,(H,18,22)/t11-,12+/m1/s1. The first-order valence-corrected chi connectivity index (χ1v) is 9.40. The highest BCUT2D eigenvalue weighted by atomic mass is 16.7. The first kappa shape index (κ1) is 20.6. The number of hydrogen-bond acceptors (Lipinski definition) is 7. The van der Waals surface area contributed by atoms with Crippen LogP contribution in [0.3, 0.4) is 0 Å². The highest BCUT2D eigenvalue weighted by Gasteiger charge is 2.47. The van der Waals surface area contributed by atoms with E-state index in [0.717, 1.165) is 0 Å². The molecular weight excluding hydrogens is 372 g/mol. The summed E-state index contributed by atoms with van der Waals surface area (Å²) in [6, 6.07) is -1.53. The Morgan fingerprint density at radius 1 is 1.29 bits per heavy atom. The lowest BCUT2D eigenvalue weighted by Gasteiger charge is -2.46. The lowest BCUT2D eigenvalue weighted by Crippen LogP contribution is -2.64. The van der Waals surface area contributed by atoms with E-state index in [2.05, 4.69) is 5.48 Å². The van der Waals surface area contributed by atoms with Crippen LogP contribution >= 0.6 is 0 Å². The highest BCUT2D eigenvalue weighted by Crippen LogP contribution is 2.29. The second-order valence-electron chi connectivity index (χ2n) is 8.65. The highest BCUT2D eigenvalue weighted by molar-refractivity contribution is 5.87. The minimum absolute atomic E-state index is 0.0554. The average Bonchev–Trinajstić information content (AvgIpc) is 2.79. The van der Waals surface area contributed by atoms with Crippen molar-refractivity contribution in [3.63, 3.8) is 0 Å². The third-order valence-electron chi connectivity index (χ3n) is 5.11. The number of β-amino-alcohol motifs (C(OH)–C–C–N with tert-alkyl or cyclic N) is 1. The van der Waals surface area contributed by atoms with Crippen LogP contribution < -0.4 is 5.48 Å². The molecule has 3 heterocycles. The number of carbonyl (C=O) groups excluding carboxylic acids is 3. The topological polar surface area (TPSA) is 132 Å². The number of rotatable bonds is 5. The van der Waals surface area contributed by atoms with Crippen molar-refractivity contribution in [2.45, 2.75) is 63.3 Å². The number of hydroxylamine groups is 3. The lowest BCUT2D eigenvalue weighted by molar-refractivity contribution is -0.144. The van der Waals surface area contributed by atoms with E-state index in [1.165, 1.54) is 9.80 Å². The number of nitrogens with one attached hydrogen (secondary N) is 1. The number of ether oxygens (including phenoxy) is 1. The maximum atomic E-state index is 12.3. The maximum Gasteiger partial charge on any atom is 0.410 e. The third-order valence-corrected chi connectivity index (χ3v) is 5.11. The molecule has 11 heteroatoms. The van der Waals surface area contributed by atoms with Crippen LogP contribution in [0, 0.1) is 0 Å². The molecule has 28 heavy (non-hydrogen) atoms. The summed E-state index contributed by atoms with van der Waals surface area (Å²) >= 11 is 0. The number of likely N-dealkylation sites (tertiary alicyclic amines) is 1. The number of carbonyl (C=O) groups is 3. The molecule has 0 saturated carbocycles. The third kappa shape index (κ3) is 4.31. The van der Waals surface area contributed by atoms with E-state index in [9.17, 15) is 24.7 Å². The molecule has 3 aliphatic heterocycles. The van der Waals surface area contributed by atoms with Gasteiger partial charge in [-0.05, 0) is 33.6 Å². The van der Waals surface area contributed by atoms with Gasteiger partial charge in [0.1, 0.15) is 17.2 Å². The van der Waals surface area contributed by atoms with Gasteiger partial charge in [0.15, 0.2) is 0 Å². The molecule has 4 amide bonds. The van der Waals surface area contributed by atoms with Gasteiger partial charge >= 0.3 is 12.1 Å². The normalized spacial score (nSPS) is 26.2. The molecule has 0 aliphatic carbocycles. The fraction of sp³-hybridized carbons (Fsp3) is 0.824. The Labute approximate surface area is 163 Å². The first-order chi connectivity index (χ1) is 13.0. The Morgan fingerprint density at radius 3 is 2.61 bits per heavy atom. The van der Waals surface area contributed by atoms with Gasteiger partial charge in [-0.15, -0.1) is 0 Å². The van der Waals surface area contributed by atoms with Crippen LogP contribution in [0.1, 0.15) is 40.0 Å². The van der Waals surface area contributed by atoms with Crippen molar-refractivity contribution in [1.29, 1.82) is 0 Å². The summed E-state index contributed by atoms with van der Waals surface area (Å²) in [6.45, 7) is 5.96. The van der Waals surface area contributed by atoms with E-state index in [0.29, 0.717) is 24.4 Å².